The lowest BCUT2D eigenvalue weighted by atomic mass is 10.1. The molecule has 1 heterocycles. The van der Waals surface area contributed by atoms with Crippen LogP contribution in [0.15, 0.2) is 42.6 Å². The Kier molecular flexibility index (Phi) is 2.11. The van der Waals surface area contributed by atoms with Gasteiger partial charge in [-0.3, -0.25) is 0 Å². The number of rotatable bonds is 1. The first-order valence-corrected chi connectivity index (χ1v) is 5.38. The molecule has 2 aliphatic rings. The quantitative estimate of drug-likeness (QED) is 0.647. The zero-order valence-corrected chi connectivity index (χ0v) is 9.36. The molecule has 0 bridgehead atoms. The molecule has 0 unspecified atom stereocenters. The largest absolute Gasteiger partial charge is 0.465 e. The number of aromatic amines is 1. The number of hydrogen-bond acceptors (Lipinski definition) is 2. The van der Waals surface area contributed by atoms with E-state index in [-0.39, 0.29) is 5.97 Å². The monoisotopic (exact) mass is 225 g/mol. The molecule has 0 saturated carbocycles. The van der Waals surface area contributed by atoms with E-state index in [0.717, 1.165) is 22.0 Å². The fourth-order valence-electron chi connectivity index (χ4n) is 2.19. The standard InChI is InChI=1S/C14H11NO2/c1-17-14(16)11-6-5-9-3-2-4-10-7-8-15-13(10)12(9)11/h2-8,15H,1H3. The lowest BCUT2D eigenvalue weighted by Gasteiger charge is -2.01. The number of ether oxygens (including phenoxy) is 1. The minimum absolute atomic E-state index is 0.304. The summed E-state index contributed by atoms with van der Waals surface area (Å²) in [5, 5.41) is 1.08. The van der Waals surface area contributed by atoms with E-state index in [0.29, 0.717) is 5.56 Å². The fraction of sp³-hybridized carbons (Fsp3) is 0.0714. The van der Waals surface area contributed by atoms with Crippen molar-refractivity contribution in [3.05, 3.63) is 48.2 Å². The molecule has 0 atom stereocenters. The maximum Gasteiger partial charge on any atom is 0.338 e. The van der Waals surface area contributed by atoms with Crippen LogP contribution in [0.25, 0.3) is 22.0 Å². The lowest BCUT2D eigenvalue weighted by Crippen LogP contribution is -2.00. The molecule has 0 saturated heterocycles. The Balaban J connectivity index is 2.42. The highest BCUT2D eigenvalue weighted by molar-refractivity contribution is 6.07. The summed E-state index contributed by atoms with van der Waals surface area (Å²) >= 11 is 0. The fourth-order valence-corrected chi connectivity index (χ4v) is 2.19. The summed E-state index contributed by atoms with van der Waals surface area (Å²) in [5.74, 6) is -0.304. The first kappa shape index (κ1) is 9.90. The maximum atomic E-state index is 11.7. The predicted octanol–water partition coefficient (Wildman–Crippen LogP) is 3.06. The van der Waals surface area contributed by atoms with Crippen molar-refractivity contribution in [1.82, 2.24) is 4.98 Å². The molecule has 1 aromatic heterocycles. The topological polar surface area (TPSA) is 42.1 Å². The molecule has 0 radical (unpaired) electrons. The van der Waals surface area contributed by atoms with Gasteiger partial charge >= 0.3 is 5.97 Å². The second-order valence-electron chi connectivity index (χ2n) is 3.90. The minimum atomic E-state index is -0.304. The van der Waals surface area contributed by atoms with Crippen molar-refractivity contribution < 1.29 is 9.53 Å². The number of esters is 1. The Hall–Kier alpha value is -2.29. The van der Waals surface area contributed by atoms with Crippen molar-refractivity contribution in [3.63, 3.8) is 0 Å². The molecule has 1 N–H and O–H groups in total. The highest BCUT2D eigenvalue weighted by Crippen LogP contribution is 2.33. The molecular weight excluding hydrogens is 214 g/mol. The van der Waals surface area contributed by atoms with Crippen LogP contribution in [-0.2, 0) is 4.74 Å². The molecule has 3 nitrogen and oxygen atoms in total. The number of fused-ring (bicyclic) bond motifs is 3. The van der Waals surface area contributed by atoms with Crippen LogP contribution in [0.4, 0.5) is 0 Å². The molecule has 17 heavy (non-hydrogen) atoms. The molecule has 2 aliphatic carbocycles. The van der Waals surface area contributed by atoms with Crippen molar-refractivity contribution in [2.24, 2.45) is 0 Å². The van der Waals surface area contributed by atoms with E-state index in [2.05, 4.69) is 4.98 Å². The summed E-state index contributed by atoms with van der Waals surface area (Å²) in [4.78, 5) is 14.9. The van der Waals surface area contributed by atoms with Crippen LogP contribution in [0.3, 0.4) is 0 Å². The van der Waals surface area contributed by atoms with E-state index in [4.69, 9.17) is 4.74 Å². The van der Waals surface area contributed by atoms with E-state index >= 15 is 0 Å². The number of carbonyl (C=O) groups is 1. The summed E-state index contributed by atoms with van der Waals surface area (Å²) in [5.41, 5.74) is 3.52. The van der Waals surface area contributed by atoms with Gasteiger partial charge in [-0.2, -0.15) is 0 Å². The molecule has 0 aliphatic heterocycles. The molecular formula is C14H11NO2. The number of hydrogen-bond donors (Lipinski definition) is 1. The molecule has 3 rings (SSSR count). The Labute approximate surface area is 98.4 Å². The van der Waals surface area contributed by atoms with Crippen LogP contribution in [0.2, 0.25) is 0 Å². The zero-order valence-electron chi connectivity index (χ0n) is 9.36. The maximum absolute atomic E-state index is 11.7. The smallest absolute Gasteiger partial charge is 0.338 e. The van der Waals surface area contributed by atoms with Crippen molar-refractivity contribution >= 4 is 16.9 Å². The summed E-state index contributed by atoms with van der Waals surface area (Å²) in [7, 11) is 1.40. The molecule has 3 heteroatoms. The van der Waals surface area contributed by atoms with Crippen LogP contribution in [0.5, 0.6) is 0 Å². The first-order valence-electron chi connectivity index (χ1n) is 5.38. The summed E-state index contributed by atoms with van der Waals surface area (Å²) in [6.45, 7) is 0. The van der Waals surface area contributed by atoms with Gasteiger partial charge in [-0.05, 0) is 17.7 Å². The molecule has 1 aromatic rings. The Morgan fingerprint density at radius 1 is 1.18 bits per heavy atom. The van der Waals surface area contributed by atoms with E-state index in [1.807, 2.05) is 36.5 Å². The second kappa shape index (κ2) is 3.63. The van der Waals surface area contributed by atoms with Crippen LogP contribution in [0.1, 0.15) is 10.4 Å². The summed E-state index contributed by atoms with van der Waals surface area (Å²) < 4.78 is 4.81. The van der Waals surface area contributed by atoms with Gasteiger partial charge in [-0.1, -0.05) is 24.3 Å². The van der Waals surface area contributed by atoms with Crippen molar-refractivity contribution in [1.29, 1.82) is 0 Å². The number of methoxy groups -OCH3 is 1. The van der Waals surface area contributed by atoms with E-state index < -0.39 is 0 Å². The van der Waals surface area contributed by atoms with E-state index in [9.17, 15) is 4.79 Å². The summed E-state index contributed by atoms with van der Waals surface area (Å²) in [6, 6.07) is 11.7. The van der Waals surface area contributed by atoms with Gasteiger partial charge in [0.05, 0.1) is 18.2 Å². The van der Waals surface area contributed by atoms with Crippen molar-refractivity contribution in [3.8, 4) is 11.1 Å². The van der Waals surface area contributed by atoms with Gasteiger partial charge in [-0.15, -0.1) is 0 Å². The van der Waals surface area contributed by atoms with E-state index in [1.54, 1.807) is 6.07 Å². The van der Waals surface area contributed by atoms with Gasteiger partial charge in [0.25, 0.3) is 0 Å². The number of nitrogens with one attached hydrogen (secondary N) is 1. The highest BCUT2D eigenvalue weighted by Gasteiger charge is 2.18. The minimum Gasteiger partial charge on any atom is -0.465 e. The van der Waals surface area contributed by atoms with Crippen LogP contribution in [0, 0.1) is 0 Å². The van der Waals surface area contributed by atoms with E-state index in [1.165, 1.54) is 7.11 Å². The normalized spacial score (nSPS) is 10.9. The number of aromatic nitrogens is 1. The molecule has 0 aromatic carbocycles. The average molecular weight is 225 g/mol. The predicted molar refractivity (Wildman–Crippen MR) is 66.3 cm³/mol. The van der Waals surface area contributed by atoms with Gasteiger partial charge in [0.15, 0.2) is 0 Å². The van der Waals surface area contributed by atoms with Gasteiger partial charge in [0.2, 0.25) is 0 Å². The van der Waals surface area contributed by atoms with Crippen molar-refractivity contribution in [2.75, 3.05) is 7.11 Å². The van der Waals surface area contributed by atoms with Gasteiger partial charge in [0.1, 0.15) is 0 Å². The Morgan fingerprint density at radius 3 is 2.88 bits per heavy atom. The highest BCUT2D eigenvalue weighted by atomic mass is 16.5. The molecule has 0 spiro atoms. The molecule has 0 amide bonds. The van der Waals surface area contributed by atoms with Crippen molar-refractivity contribution in [2.45, 2.75) is 0 Å². The Bertz CT molecular complexity index is 669. The van der Waals surface area contributed by atoms with Gasteiger partial charge in [0, 0.05) is 17.1 Å². The summed E-state index contributed by atoms with van der Waals surface area (Å²) in [6.07, 6.45) is 1.87. The third-order valence-corrected chi connectivity index (χ3v) is 2.97. The van der Waals surface area contributed by atoms with Crippen LogP contribution < -0.4 is 0 Å². The lowest BCUT2D eigenvalue weighted by molar-refractivity contribution is 0.0602. The van der Waals surface area contributed by atoms with Gasteiger partial charge < -0.3 is 9.72 Å². The molecule has 84 valence electrons. The average Bonchev–Trinajstić information content (AvgIpc) is 2.92. The number of carbonyl (C=O) groups excluding carboxylic acids is 1. The van der Waals surface area contributed by atoms with Crippen LogP contribution >= 0.6 is 0 Å². The number of H-pyrrole nitrogens is 1. The zero-order chi connectivity index (χ0) is 11.8. The van der Waals surface area contributed by atoms with Gasteiger partial charge in [-0.25, -0.2) is 4.79 Å². The van der Waals surface area contributed by atoms with Crippen LogP contribution in [-0.4, -0.2) is 18.1 Å². The second-order valence-corrected chi connectivity index (χ2v) is 3.90. The SMILES string of the molecule is COC(=O)c1ccc2cccc3cc[nH]c3c1-2. The molecule has 0 fully saturated rings. The Morgan fingerprint density at radius 2 is 2.06 bits per heavy atom. The third kappa shape index (κ3) is 1.40. The third-order valence-electron chi connectivity index (χ3n) is 2.97. The first-order chi connectivity index (χ1) is 8.31.